The van der Waals surface area contributed by atoms with Crippen molar-refractivity contribution in [1.29, 1.82) is 0 Å². The number of aromatic nitrogens is 1. The van der Waals surface area contributed by atoms with Gasteiger partial charge in [0.1, 0.15) is 11.3 Å². The Morgan fingerprint density at radius 3 is 2.83 bits per heavy atom. The maximum absolute atomic E-state index is 11.0. The molecule has 2 aromatic carbocycles. The Kier molecular flexibility index (Phi) is 3.94. The fourth-order valence-electron chi connectivity index (χ4n) is 2.19. The highest BCUT2D eigenvalue weighted by Gasteiger charge is 2.15. The van der Waals surface area contributed by atoms with Crippen molar-refractivity contribution in [2.24, 2.45) is 0 Å². The Bertz CT molecular complexity index is 872. The number of rotatable bonds is 5. The number of oxazole rings is 1. The fraction of sp³-hybridized carbons (Fsp3) is 0.188. The lowest BCUT2D eigenvalue weighted by Gasteiger charge is -2.02. The number of benzene rings is 2. The molecular weight excluding hydrogens is 300 g/mol. The van der Waals surface area contributed by atoms with Crippen LogP contribution in [-0.4, -0.2) is 23.8 Å². The van der Waals surface area contributed by atoms with Gasteiger partial charge in [-0.25, -0.2) is 4.98 Å². The van der Waals surface area contributed by atoms with E-state index in [1.54, 1.807) is 37.3 Å². The molecule has 0 aliphatic carbocycles. The minimum atomic E-state index is -0.418. The van der Waals surface area contributed by atoms with Crippen molar-refractivity contribution in [3.63, 3.8) is 0 Å². The van der Waals surface area contributed by atoms with Crippen molar-refractivity contribution in [3.8, 4) is 17.2 Å². The highest BCUT2D eigenvalue weighted by Crippen LogP contribution is 2.30. The Morgan fingerprint density at radius 1 is 1.26 bits per heavy atom. The van der Waals surface area contributed by atoms with Gasteiger partial charge in [-0.1, -0.05) is 6.07 Å². The summed E-state index contributed by atoms with van der Waals surface area (Å²) in [4.78, 5) is 15.0. The van der Waals surface area contributed by atoms with Crippen LogP contribution < -0.4 is 4.74 Å². The molecule has 0 amide bonds. The quantitative estimate of drug-likeness (QED) is 0.405. The molecule has 0 saturated carbocycles. The van der Waals surface area contributed by atoms with Crippen molar-refractivity contribution in [2.75, 3.05) is 13.9 Å². The van der Waals surface area contributed by atoms with E-state index < -0.39 is 4.92 Å². The molecule has 0 unspecified atom stereocenters. The Balaban J connectivity index is 2.00. The van der Waals surface area contributed by atoms with Crippen molar-refractivity contribution in [1.82, 2.24) is 4.98 Å². The molecule has 0 N–H and O–H groups in total. The van der Waals surface area contributed by atoms with Gasteiger partial charge in [0, 0.05) is 30.4 Å². The molecule has 118 valence electrons. The van der Waals surface area contributed by atoms with Gasteiger partial charge in [-0.3, -0.25) is 10.1 Å². The second-order valence-corrected chi connectivity index (χ2v) is 4.96. The predicted molar refractivity (Wildman–Crippen MR) is 83.3 cm³/mol. The first-order valence-electron chi connectivity index (χ1n) is 6.86. The van der Waals surface area contributed by atoms with Crippen LogP contribution >= 0.6 is 0 Å². The third kappa shape index (κ3) is 3.00. The number of hydrogen-bond donors (Lipinski definition) is 0. The maximum atomic E-state index is 11.0. The number of fused-ring (bicyclic) bond motifs is 1. The van der Waals surface area contributed by atoms with Gasteiger partial charge in [0.2, 0.25) is 5.89 Å². The summed E-state index contributed by atoms with van der Waals surface area (Å²) in [5, 5.41) is 11.0. The molecule has 1 aromatic heterocycles. The summed E-state index contributed by atoms with van der Waals surface area (Å²) in [6.07, 6.45) is 0. The number of nitro groups is 1. The van der Waals surface area contributed by atoms with Gasteiger partial charge in [0.05, 0.1) is 4.92 Å². The van der Waals surface area contributed by atoms with Crippen LogP contribution in [0, 0.1) is 17.0 Å². The van der Waals surface area contributed by atoms with Crippen LogP contribution in [0.15, 0.2) is 40.8 Å². The third-order valence-corrected chi connectivity index (χ3v) is 3.36. The van der Waals surface area contributed by atoms with E-state index in [-0.39, 0.29) is 12.5 Å². The summed E-state index contributed by atoms with van der Waals surface area (Å²) < 4.78 is 15.9. The minimum Gasteiger partial charge on any atom is -0.467 e. The van der Waals surface area contributed by atoms with Gasteiger partial charge in [0.25, 0.3) is 5.69 Å². The van der Waals surface area contributed by atoms with Crippen LogP contribution in [0.5, 0.6) is 5.75 Å². The van der Waals surface area contributed by atoms with Crippen molar-refractivity contribution in [2.45, 2.75) is 6.92 Å². The smallest absolute Gasteiger partial charge is 0.273 e. The first kappa shape index (κ1) is 15.0. The summed E-state index contributed by atoms with van der Waals surface area (Å²) in [5.74, 6) is 0.932. The molecule has 0 saturated heterocycles. The number of nitrogens with zero attached hydrogens (tertiary/aromatic N) is 2. The van der Waals surface area contributed by atoms with Crippen LogP contribution in [0.3, 0.4) is 0 Å². The standard InChI is InChI=1S/C16H14N2O5/c1-10-3-4-11(7-14(10)18(19)20)16-17-13-8-12(22-9-21-2)5-6-15(13)23-16/h3-8H,9H2,1-2H3. The molecule has 3 aromatic rings. The van der Waals surface area contributed by atoms with Gasteiger partial charge in [0.15, 0.2) is 12.4 Å². The first-order chi connectivity index (χ1) is 11.1. The van der Waals surface area contributed by atoms with E-state index in [1.807, 2.05) is 0 Å². The van der Waals surface area contributed by atoms with E-state index in [2.05, 4.69) is 4.98 Å². The third-order valence-electron chi connectivity index (χ3n) is 3.36. The van der Waals surface area contributed by atoms with E-state index in [4.69, 9.17) is 13.9 Å². The molecule has 0 atom stereocenters. The molecule has 3 rings (SSSR count). The Morgan fingerprint density at radius 2 is 2.09 bits per heavy atom. The van der Waals surface area contributed by atoms with Gasteiger partial charge in [-0.15, -0.1) is 0 Å². The van der Waals surface area contributed by atoms with Crippen molar-refractivity contribution >= 4 is 16.8 Å². The second kappa shape index (κ2) is 6.05. The Labute approximate surface area is 131 Å². The number of methoxy groups -OCH3 is 1. The van der Waals surface area contributed by atoms with Gasteiger partial charge >= 0.3 is 0 Å². The summed E-state index contributed by atoms with van der Waals surface area (Å²) in [5.41, 5.74) is 2.36. The molecule has 7 nitrogen and oxygen atoms in total. The van der Waals surface area contributed by atoms with Gasteiger partial charge in [-0.05, 0) is 25.1 Å². The topological polar surface area (TPSA) is 87.6 Å². The molecule has 0 bridgehead atoms. The summed E-state index contributed by atoms with van der Waals surface area (Å²) in [6.45, 7) is 1.83. The van der Waals surface area contributed by atoms with E-state index in [0.717, 1.165) is 0 Å². The largest absolute Gasteiger partial charge is 0.467 e. The van der Waals surface area contributed by atoms with Crippen LogP contribution in [0.1, 0.15) is 5.56 Å². The van der Waals surface area contributed by atoms with Crippen molar-refractivity contribution < 1.29 is 18.8 Å². The van der Waals surface area contributed by atoms with Gasteiger partial charge < -0.3 is 13.9 Å². The summed E-state index contributed by atoms with van der Waals surface area (Å²) in [7, 11) is 1.54. The number of aryl methyl sites for hydroxylation is 1. The zero-order valence-corrected chi connectivity index (χ0v) is 12.6. The lowest BCUT2D eigenvalue weighted by atomic mass is 10.1. The second-order valence-electron chi connectivity index (χ2n) is 4.96. The highest BCUT2D eigenvalue weighted by atomic mass is 16.7. The molecule has 1 heterocycles. The molecule has 7 heteroatoms. The van der Waals surface area contributed by atoms with E-state index in [0.29, 0.717) is 33.9 Å². The van der Waals surface area contributed by atoms with Crippen LogP contribution in [-0.2, 0) is 4.74 Å². The van der Waals surface area contributed by atoms with E-state index in [9.17, 15) is 10.1 Å². The summed E-state index contributed by atoms with van der Waals surface area (Å²) >= 11 is 0. The predicted octanol–water partition coefficient (Wildman–Crippen LogP) is 3.69. The maximum Gasteiger partial charge on any atom is 0.273 e. The molecule has 0 spiro atoms. The molecule has 0 aliphatic rings. The van der Waals surface area contributed by atoms with Gasteiger partial charge in [-0.2, -0.15) is 0 Å². The molecular formula is C16H14N2O5. The zero-order valence-electron chi connectivity index (χ0n) is 12.6. The summed E-state index contributed by atoms with van der Waals surface area (Å²) in [6, 6.07) is 10.1. The monoisotopic (exact) mass is 314 g/mol. The molecule has 23 heavy (non-hydrogen) atoms. The normalized spacial score (nSPS) is 10.9. The SMILES string of the molecule is COCOc1ccc2oc(-c3ccc(C)c([N+](=O)[O-])c3)nc2c1. The Hall–Kier alpha value is -2.93. The average molecular weight is 314 g/mol. The van der Waals surface area contributed by atoms with E-state index in [1.165, 1.54) is 13.2 Å². The van der Waals surface area contributed by atoms with Crippen molar-refractivity contribution in [3.05, 3.63) is 52.1 Å². The van der Waals surface area contributed by atoms with Crippen LogP contribution in [0.25, 0.3) is 22.6 Å². The average Bonchev–Trinajstić information content (AvgIpc) is 2.96. The number of ether oxygens (including phenoxy) is 2. The fourth-order valence-corrected chi connectivity index (χ4v) is 2.19. The van der Waals surface area contributed by atoms with E-state index >= 15 is 0 Å². The first-order valence-corrected chi connectivity index (χ1v) is 6.86. The lowest BCUT2D eigenvalue weighted by Crippen LogP contribution is -1.98. The lowest BCUT2D eigenvalue weighted by molar-refractivity contribution is -0.385. The molecule has 0 radical (unpaired) electrons. The zero-order chi connectivity index (χ0) is 16.4. The molecule has 0 aliphatic heterocycles. The van der Waals surface area contributed by atoms with Crippen LogP contribution in [0.2, 0.25) is 0 Å². The number of nitro benzene ring substituents is 1. The number of hydrogen-bond acceptors (Lipinski definition) is 6. The molecule has 0 fully saturated rings. The minimum absolute atomic E-state index is 0.0360. The highest BCUT2D eigenvalue weighted by molar-refractivity contribution is 5.78. The van der Waals surface area contributed by atoms with Crippen LogP contribution in [0.4, 0.5) is 5.69 Å².